The highest BCUT2D eigenvalue weighted by Crippen LogP contribution is 2.21. The Morgan fingerprint density at radius 1 is 1.19 bits per heavy atom. The summed E-state index contributed by atoms with van der Waals surface area (Å²) in [7, 11) is 0. The Morgan fingerprint density at radius 3 is 2.68 bits per heavy atom. The van der Waals surface area contributed by atoms with E-state index in [0.29, 0.717) is 31.4 Å². The Bertz CT molecular complexity index is 1140. The fourth-order valence-electron chi connectivity index (χ4n) is 4.08. The minimum absolute atomic E-state index is 0.0270. The standard InChI is InChI=1S/C23H29N5O3/c1-15-8-10-18(11-9-15)28-17(3)21-16(2)25-27(23(30)22(21)26-28)12-4-7-20(29)24-14-19-6-5-13-31-19/h8-11,19H,4-7,12-14H2,1-3H3,(H,24,29)/t19-/m1/s1. The highest BCUT2D eigenvalue weighted by atomic mass is 16.5. The van der Waals surface area contributed by atoms with Crippen LogP contribution in [0.2, 0.25) is 0 Å². The molecule has 0 unspecified atom stereocenters. The molecule has 1 saturated heterocycles. The zero-order valence-corrected chi connectivity index (χ0v) is 18.4. The predicted octanol–water partition coefficient (Wildman–Crippen LogP) is 2.58. The average molecular weight is 424 g/mol. The molecular weight excluding hydrogens is 394 g/mol. The molecular formula is C23H29N5O3. The fraction of sp³-hybridized carbons (Fsp3) is 0.478. The maximum absolute atomic E-state index is 13.0. The summed E-state index contributed by atoms with van der Waals surface area (Å²) in [5.74, 6) is -0.0270. The van der Waals surface area contributed by atoms with E-state index in [0.717, 1.165) is 47.5 Å². The first-order valence-corrected chi connectivity index (χ1v) is 10.9. The second kappa shape index (κ2) is 9.01. The molecule has 0 bridgehead atoms. The lowest BCUT2D eigenvalue weighted by Gasteiger charge is -2.11. The van der Waals surface area contributed by atoms with Crippen molar-refractivity contribution in [3.8, 4) is 5.69 Å². The van der Waals surface area contributed by atoms with E-state index in [4.69, 9.17) is 4.74 Å². The molecule has 31 heavy (non-hydrogen) atoms. The molecule has 0 aliphatic carbocycles. The third-order valence-electron chi connectivity index (χ3n) is 5.79. The smallest absolute Gasteiger partial charge is 0.295 e. The lowest BCUT2D eigenvalue weighted by Crippen LogP contribution is -2.32. The summed E-state index contributed by atoms with van der Waals surface area (Å²) in [6.07, 6.45) is 3.05. The third-order valence-corrected chi connectivity index (χ3v) is 5.79. The summed E-state index contributed by atoms with van der Waals surface area (Å²) >= 11 is 0. The molecule has 1 amide bonds. The number of amides is 1. The summed E-state index contributed by atoms with van der Waals surface area (Å²) in [5.41, 5.74) is 3.91. The van der Waals surface area contributed by atoms with E-state index in [2.05, 4.69) is 15.5 Å². The molecule has 0 spiro atoms. The monoisotopic (exact) mass is 423 g/mol. The normalized spacial score (nSPS) is 16.2. The molecule has 3 aromatic rings. The molecule has 8 heteroatoms. The van der Waals surface area contributed by atoms with Crippen molar-refractivity contribution in [3.63, 3.8) is 0 Å². The van der Waals surface area contributed by atoms with Crippen molar-refractivity contribution in [3.05, 3.63) is 51.6 Å². The van der Waals surface area contributed by atoms with Gasteiger partial charge >= 0.3 is 0 Å². The van der Waals surface area contributed by atoms with Crippen LogP contribution in [-0.2, 0) is 16.1 Å². The van der Waals surface area contributed by atoms with E-state index in [1.165, 1.54) is 4.68 Å². The first kappa shape index (κ1) is 21.2. The number of hydrogen-bond acceptors (Lipinski definition) is 5. The number of ether oxygens (including phenoxy) is 1. The van der Waals surface area contributed by atoms with E-state index >= 15 is 0 Å². The van der Waals surface area contributed by atoms with Gasteiger partial charge in [0.25, 0.3) is 5.56 Å². The lowest BCUT2D eigenvalue weighted by molar-refractivity contribution is -0.121. The number of rotatable bonds is 7. The van der Waals surface area contributed by atoms with Gasteiger partial charge in [-0.05, 0) is 52.2 Å². The van der Waals surface area contributed by atoms with Crippen molar-refractivity contribution in [2.24, 2.45) is 0 Å². The van der Waals surface area contributed by atoms with E-state index in [1.54, 1.807) is 4.68 Å². The summed E-state index contributed by atoms with van der Waals surface area (Å²) in [4.78, 5) is 25.1. The molecule has 1 fully saturated rings. The first-order valence-electron chi connectivity index (χ1n) is 10.9. The highest BCUT2D eigenvalue weighted by Gasteiger charge is 2.18. The molecule has 2 aromatic heterocycles. The van der Waals surface area contributed by atoms with Crippen LogP contribution in [0.3, 0.4) is 0 Å². The SMILES string of the molecule is Cc1ccc(-n2nc3c(=O)n(CCCC(=O)NC[C@H]4CCCO4)nc(C)c3c2C)cc1. The molecule has 1 atom stereocenters. The minimum atomic E-state index is -0.227. The van der Waals surface area contributed by atoms with Crippen LogP contribution < -0.4 is 10.9 Å². The van der Waals surface area contributed by atoms with Gasteiger partial charge in [-0.3, -0.25) is 9.59 Å². The van der Waals surface area contributed by atoms with Gasteiger partial charge < -0.3 is 10.1 Å². The summed E-state index contributed by atoms with van der Waals surface area (Å²) in [6.45, 7) is 7.58. The van der Waals surface area contributed by atoms with Crippen LogP contribution in [0.4, 0.5) is 0 Å². The van der Waals surface area contributed by atoms with Gasteiger partial charge in [0.2, 0.25) is 5.91 Å². The largest absolute Gasteiger partial charge is 0.376 e. The van der Waals surface area contributed by atoms with Gasteiger partial charge in [0.05, 0.1) is 28.6 Å². The zero-order valence-electron chi connectivity index (χ0n) is 18.4. The summed E-state index contributed by atoms with van der Waals surface area (Å²) in [6, 6.07) is 8.03. The number of aromatic nitrogens is 4. The molecule has 0 radical (unpaired) electrons. The second-order valence-electron chi connectivity index (χ2n) is 8.21. The number of carbonyl (C=O) groups is 1. The molecule has 1 aromatic carbocycles. The molecule has 1 N–H and O–H groups in total. The zero-order chi connectivity index (χ0) is 22.0. The van der Waals surface area contributed by atoms with Crippen molar-refractivity contribution in [1.82, 2.24) is 24.9 Å². The van der Waals surface area contributed by atoms with Gasteiger partial charge in [-0.2, -0.15) is 10.2 Å². The van der Waals surface area contributed by atoms with E-state index in [9.17, 15) is 9.59 Å². The van der Waals surface area contributed by atoms with Crippen LogP contribution in [0.1, 0.15) is 42.6 Å². The van der Waals surface area contributed by atoms with Gasteiger partial charge in [-0.25, -0.2) is 9.36 Å². The van der Waals surface area contributed by atoms with Crippen LogP contribution in [-0.4, -0.2) is 44.7 Å². The first-order chi connectivity index (χ1) is 14.9. The van der Waals surface area contributed by atoms with Crippen molar-refractivity contribution in [2.45, 2.75) is 59.1 Å². The molecule has 1 aliphatic rings. The van der Waals surface area contributed by atoms with Gasteiger partial charge in [0.15, 0.2) is 5.52 Å². The number of nitrogens with zero attached hydrogens (tertiary/aromatic N) is 4. The van der Waals surface area contributed by atoms with Crippen LogP contribution >= 0.6 is 0 Å². The van der Waals surface area contributed by atoms with Crippen molar-refractivity contribution < 1.29 is 9.53 Å². The van der Waals surface area contributed by atoms with Crippen LogP contribution in [0.15, 0.2) is 29.1 Å². The highest BCUT2D eigenvalue weighted by molar-refractivity contribution is 5.83. The molecule has 0 saturated carbocycles. The topological polar surface area (TPSA) is 91.0 Å². The maximum atomic E-state index is 13.0. The van der Waals surface area contributed by atoms with Gasteiger partial charge in [-0.1, -0.05) is 17.7 Å². The Labute approximate surface area is 181 Å². The van der Waals surface area contributed by atoms with Crippen molar-refractivity contribution >= 4 is 16.8 Å². The van der Waals surface area contributed by atoms with E-state index in [-0.39, 0.29) is 17.6 Å². The molecule has 1 aliphatic heterocycles. The third kappa shape index (κ3) is 4.54. The van der Waals surface area contributed by atoms with E-state index < -0.39 is 0 Å². The number of fused-ring (bicyclic) bond motifs is 1. The predicted molar refractivity (Wildman–Crippen MR) is 119 cm³/mol. The molecule has 3 heterocycles. The van der Waals surface area contributed by atoms with Gasteiger partial charge in [0, 0.05) is 26.1 Å². The Hall–Kier alpha value is -3.00. The Kier molecular flexibility index (Phi) is 6.18. The minimum Gasteiger partial charge on any atom is -0.376 e. The quantitative estimate of drug-likeness (QED) is 0.631. The van der Waals surface area contributed by atoms with Gasteiger partial charge in [0.1, 0.15) is 0 Å². The fourth-order valence-corrected chi connectivity index (χ4v) is 4.08. The number of benzene rings is 1. The average Bonchev–Trinajstić information content (AvgIpc) is 3.39. The lowest BCUT2D eigenvalue weighted by atomic mass is 10.2. The van der Waals surface area contributed by atoms with Crippen molar-refractivity contribution in [1.29, 1.82) is 0 Å². The Morgan fingerprint density at radius 2 is 1.97 bits per heavy atom. The number of hydrogen-bond donors (Lipinski definition) is 1. The van der Waals surface area contributed by atoms with Gasteiger partial charge in [-0.15, -0.1) is 0 Å². The van der Waals surface area contributed by atoms with E-state index in [1.807, 2.05) is 45.0 Å². The second-order valence-corrected chi connectivity index (χ2v) is 8.21. The summed E-state index contributed by atoms with van der Waals surface area (Å²) in [5, 5.41) is 12.8. The molecule has 8 nitrogen and oxygen atoms in total. The number of nitrogens with one attached hydrogen (secondary N) is 1. The van der Waals surface area contributed by atoms with Crippen LogP contribution in [0.5, 0.6) is 0 Å². The maximum Gasteiger partial charge on any atom is 0.295 e. The Balaban J connectivity index is 1.47. The molecule has 4 rings (SSSR count). The van der Waals surface area contributed by atoms with Crippen LogP contribution in [0, 0.1) is 20.8 Å². The van der Waals surface area contributed by atoms with Crippen molar-refractivity contribution in [2.75, 3.05) is 13.2 Å². The number of aryl methyl sites for hydroxylation is 4. The summed E-state index contributed by atoms with van der Waals surface area (Å²) < 4.78 is 8.74. The number of carbonyl (C=O) groups excluding carboxylic acids is 1. The van der Waals surface area contributed by atoms with Crippen LogP contribution in [0.25, 0.3) is 16.6 Å². The molecule has 164 valence electrons.